The molecule has 3 heterocycles. The Kier molecular flexibility index (Phi) is 8.07. The fourth-order valence-electron chi connectivity index (χ4n) is 4.99. The van der Waals surface area contributed by atoms with E-state index in [1.807, 2.05) is 52.8 Å². The Labute approximate surface area is 214 Å². The summed E-state index contributed by atoms with van der Waals surface area (Å²) < 4.78 is 29.3. The topological polar surface area (TPSA) is 88.1 Å². The molecular formula is C28H40N2O6. The smallest absolute Gasteiger partial charge is 0.407 e. The van der Waals surface area contributed by atoms with Gasteiger partial charge in [-0.15, -0.1) is 0 Å². The van der Waals surface area contributed by atoms with Crippen LogP contribution in [0.25, 0.3) is 10.9 Å². The molecule has 2 aliphatic rings. The van der Waals surface area contributed by atoms with Crippen LogP contribution in [0.15, 0.2) is 30.5 Å². The number of methoxy groups -OCH3 is 1. The van der Waals surface area contributed by atoms with E-state index in [4.69, 9.17) is 23.7 Å². The van der Waals surface area contributed by atoms with Crippen LogP contribution in [0.2, 0.25) is 0 Å². The molecule has 2 fully saturated rings. The molecule has 2 aromatic rings. The first-order valence-electron chi connectivity index (χ1n) is 12.9. The fourth-order valence-corrected chi connectivity index (χ4v) is 4.99. The summed E-state index contributed by atoms with van der Waals surface area (Å²) in [5.41, 5.74) is 1.63. The van der Waals surface area contributed by atoms with Crippen LogP contribution in [0.4, 0.5) is 4.79 Å². The van der Waals surface area contributed by atoms with Crippen molar-refractivity contribution in [3.8, 4) is 5.75 Å². The average Bonchev–Trinajstić information content (AvgIpc) is 3.15. The molecule has 4 atom stereocenters. The largest absolute Gasteiger partial charge is 0.495 e. The number of benzene rings is 1. The van der Waals surface area contributed by atoms with Crippen LogP contribution >= 0.6 is 0 Å². The maximum Gasteiger partial charge on any atom is 0.407 e. The first-order chi connectivity index (χ1) is 17.0. The highest BCUT2D eigenvalue weighted by molar-refractivity contribution is 5.83. The van der Waals surface area contributed by atoms with E-state index in [9.17, 15) is 4.79 Å². The number of aromatic nitrogens is 1. The summed E-state index contributed by atoms with van der Waals surface area (Å²) in [5.74, 6) is 0.151. The van der Waals surface area contributed by atoms with E-state index in [0.29, 0.717) is 13.0 Å². The van der Waals surface area contributed by atoms with Crippen LogP contribution in [-0.2, 0) is 25.4 Å². The van der Waals surface area contributed by atoms with Crippen molar-refractivity contribution in [1.82, 2.24) is 10.3 Å². The number of nitrogens with one attached hydrogen (secondary N) is 1. The van der Waals surface area contributed by atoms with E-state index in [1.54, 1.807) is 13.3 Å². The second kappa shape index (κ2) is 10.9. The average molecular weight is 501 g/mol. The van der Waals surface area contributed by atoms with Gasteiger partial charge in [0.25, 0.3) is 0 Å². The maximum absolute atomic E-state index is 12.5. The van der Waals surface area contributed by atoms with Gasteiger partial charge in [-0.2, -0.15) is 0 Å². The third-order valence-electron chi connectivity index (χ3n) is 6.64. The molecule has 0 radical (unpaired) electrons. The van der Waals surface area contributed by atoms with Crippen molar-refractivity contribution in [1.29, 1.82) is 0 Å². The Morgan fingerprint density at radius 2 is 2.03 bits per heavy atom. The molecule has 0 bridgehead atoms. The molecule has 8 nitrogen and oxygen atoms in total. The van der Waals surface area contributed by atoms with Gasteiger partial charge in [-0.25, -0.2) is 4.79 Å². The van der Waals surface area contributed by atoms with Crippen molar-refractivity contribution in [2.75, 3.05) is 13.7 Å². The highest BCUT2D eigenvalue weighted by Crippen LogP contribution is 2.32. The zero-order chi connectivity index (χ0) is 25.9. The Hall–Kier alpha value is -2.42. The number of hydrogen-bond donors (Lipinski definition) is 1. The summed E-state index contributed by atoms with van der Waals surface area (Å²) in [5, 5.41) is 4.15. The quantitative estimate of drug-likeness (QED) is 0.562. The number of nitrogens with zero attached hydrogens (tertiary/aromatic N) is 1. The predicted molar refractivity (Wildman–Crippen MR) is 137 cm³/mol. The first kappa shape index (κ1) is 26.6. The number of carbonyl (C=O) groups excluding carboxylic acids is 1. The molecule has 0 aliphatic carbocycles. The van der Waals surface area contributed by atoms with Gasteiger partial charge in [0.2, 0.25) is 0 Å². The summed E-state index contributed by atoms with van der Waals surface area (Å²) in [6.45, 7) is 9.94. The monoisotopic (exact) mass is 500 g/mol. The van der Waals surface area contributed by atoms with Gasteiger partial charge in [-0.1, -0.05) is 12.1 Å². The van der Waals surface area contributed by atoms with Gasteiger partial charge in [-0.3, -0.25) is 4.98 Å². The number of amides is 1. The lowest BCUT2D eigenvalue weighted by Crippen LogP contribution is -2.51. The van der Waals surface area contributed by atoms with Gasteiger partial charge in [0.1, 0.15) is 11.4 Å². The van der Waals surface area contributed by atoms with Crippen molar-refractivity contribution in [2.24, 2.45) is 0 Å². The van der Waals surface area contributed by atoms with Crippen LogP contribution in [0.1, 0.15) is 65.9 Å². The molecule has 1 aromatic carbocycles. The Morgan fingerprint density at radius 3 is 2.72 bits per heavy atom. The molecule has 198 valence electrons. The second-order valence-electron chi connectivity index (χ2n) is 11.2. The molecular weight excluding hydrogens is 460 g/mol. The number of aryl methyl sites for hydroxylation is 1. The number of pyridine rings is 1. The second-order valence-corrected chi connectivity index (χ2v) is 11.2. The zero-order valence-corrected chi connectivity index (χ0v) is 22.3. The van der Waals surface area contributed by atoms with Crippen LogP contribution in [-0.4, -0.2) is 60.5 Å². The van der Waals surface area contributed by atoms with Crippen LogP contribution in [0.3, 0.4) is 0 Å². The van der Waals surface area contributed by atoms with E-state index >= 15 is 0 Å². The van der Waals surface area contributed by atoms with Crippen molar-refractivity contribution < 1.29 is 28.5 Å². The molecule has 1 N–H and O–H groups in total. The lowest BCUT2D eigenvalue weighted by molar-refractivity contribution is -0.148. The third kappa shape index (κ3) is 7.08. The van der Waals surface area contributed by atoms with E-state index in [1.165, 1.54) is 5.56 Å². The molecule has 1 amide bonds. The predicted octanol–water partition coefficient (Wildman–Crippen LogP) is 5.16. The minimum absolute atomic E-state index is 0.0795. The highest BCUT2D eigenvalue weighted by Gasteiger charge is 2.39. The van der Waals surface area contributed by atoms with Gasteiger partial charge in [-0.05, 0) is 78.0 Å². The normalized spacial score (nSPS) is 26.1. The molecule has 2 saturated heterocycles. The number of rotatable bonds is 7. The summed E-state index contributed by atoms with van der Waals surface area (Å²) in [6, 6.07) is 8.10. The highest BCUT2D eigenvalue weighted by atomic mass is 16.7. The van der Waals surface area contributed by atoms with Crippen LogP contribution in [0, 0.1) is 0 Å². The van der Waals surface area contributed by atoms with Gasteiger partial charge < -0.3 is 29.0 Å². The Balaban J connectivity index is 1.42. The number of ether oxygens (including phenoxy) is 5. The summed E-state index contributed by atoms with van der Waals surface area (Å²) in [6.07, 6.45) is 5.20. The third-order valence-corrected chi connectivity index (χ3v) is 6.64. The van der Waals surface area contributed by atoms with Gasteiger partial charge >= 0.3 is 6.09 Å². The van der Waals surface area contributed by atoms with Gasteiger partial charge in [0.15, 0.2) is 5.79 Å². The summed E-state index contributed by atoms with van der Waals surface area (Å²) in [7, 11) is 1.66. The minimum Gasteiger partial charge on any atom is -0.495 e. The molecule has 4 rings (SSSR count). The number of fused-ring (bicyclic) bond motifs is 1. The van der Waals surface area contributed by atoms with E-state index < -0.39 is 17.5 Å². The van der Waals surface area contributed by atoms with Crippen molar-refractivity contribution in [3.63, 3.8) is 0 Å². The van der Waals surface area contributed by atoms with Crippen LogP contribution < -0.4 is 10.1 Å². The van der Waals surface area contributed by atoms with Crippen molar-refractivity contribution in [3.05, 3.63) is 36.0 Å². The maximum atomic E-state index is 12.5. The van der Waals surface area contributed by atoms with E-state index in [2.05, 4.69) is 16.4 Å². The molecule has 1 aromatic heterocycles. The standard InChI is InChI=1S/C28H40N2O6/c1-27(2,3)36-26(31)30-24-13-12-19(34-25(24)15-21-17-33-28(4,5)35-21)11-10-18-8-7-9-23-22(18)14-20(32-6)16-29-23/h7-9,14,16,19,21,24-25H,10-13,15,17H2,1-6H3,(H,30,31)/t19-,21?,24-,25-/m1/s1. The van der Waals surface area contributed by atoms with E-state index in [-0.39, 0.29) is 24.4 Å². The molecule has 36 heavy (non-hydrogen) atoms. The SMILES string of the molecule is COc1cnc2cccc(CC[C@@H]3CC[C@@H](NC(=O)OC(C)(C)C)[C@@H](CC4COC(C)(C)O4)O3)c2c1. The molecule has 8 heteroatoms. The zero-order valence-electron chi connectivity index (χ0n) is 22.3. The van der Waals surface area contributed by atoms with Crippen LogP contribution in [0.5, 0.6) is 5.75 Å². The molecule has 2 aliphatic heterocycles. The lowest BCUT2D eigenvalue weighted by atomic mass is 9.92. The number of hydrogen-bond acceptors (Lipinski definition) is 7. The van der Waals surface area contributed by atoms with E-state index in [0.717, 1.165) is 42.3 Å². The molecule has 1 unspecified atom stereocenters. The Bertz CT molecular complexity index is 1050. The molecule has 0 saturated carbocycles. The summed E-state index contributed by atoms with van der Waals surface area (Å²) >= 11 is 0. The van der Waals surface area contributed by atoms with Gasteiger partial charge in [0, 0.05) is 11.8 Å². The number of carbonyl (C=O) groups is 1. The number of alkyl carbamates (subject to hydrolysis) is 1. The first-order valence-corrected chi connectivity index (χ1v) is 12.9. The summed E-state index contributed by atoms with van der Waals surface area (Å²) in [4.78, 5) is 17.0. The van der Waals surface area contributed by atoms with Crippen molar-refractivity contribution >= 4 is 17.0 Å². The lowest BCUT2D eigenvalue weighted by Gasteiger charge is -2.38. The fraction of sp³-hybridized carbons (Fsp3) is 0.643. The minimum atomic E-state index is -0.601. The Morgan fingerprint density at radius 1 is 1.22 bits per heavy atom. The van der Waals surface area contributed by atoms with Crippen molar-refractivity contribution in [2.45, 2.75) is 102 Å². The molecule has 0 spiro atoms. The van der Waals surface area contributed by atoms with Gasteiger partial charge in [0.05, 0.1) is 49.8 Å².